The second-order valence-corrected chi connectivity index (χ2v) is 12.2. The lowest BCUT2D eigenvalue weighted by molar-refractivity contribution is -0.131. The van der Waals surface area contributed by atoms with Gasteiger partial charge >= 0.3 is 5.97 Å². The monoisotopic (exact) mass is 571 g/mol. The first-order chi connectivity index (χ1) is 14.6. The highest BCUT2D eigenvalue weighted by Gasteiger charge is 2.34. The van der Waals surface area contributed by atoms with Crippen LogP contribution in [0, 0.1) is 0 Å². The van der Waals surface area contributed by atoms with Gasteiger partial charge in [0.2, 0.25) is 0 Å². The Morgan fingerprint density at radius 1 is 1.23 bits per heavy atom. The average molecular weight is 573 g/mol. The predicted octanol–water partition coefficient (Wildman–Crippen LogP) is 7.38. The Morgan fingerprint density at radius 2 is 1.90 bits per heavy atom. The molecule has 1 atom stereocenters. The third-order valence-electron chi connectivity index (χ3n) is 4.99. The van der Waals surface area contributed by atoms with Gasteiger partial charge in [-0.3, -0.25) is 4.79 Å². The Bertz CT molecular complexity index is 988. The highest BCUT2D eigenvalue weighted by molar-refractivity contribution is 9.11. The summed E-state index contributed by atoms with van der Waals surface area (Å²) in [6.07, 6.45) is 2.07. The van der Waals surface area contributed by atoms with E-state index in [0.29, 0.717) is 18.0 Å². The quantitative estimate of drug-likeness (QED) is 0.375. The van der Waals surface area contributed by atoms with Crippen molar-refractivity contribution in [3.05, 3.63) is 61.9 Å². The second kappa shape index (κ2) is 9.98. The zero-order valence-electron chi connectivity index (χ0n) is 18.0. The third-order valence-corrected chi connectivity index (χ3v) is 9.29. The van der Waals surface area contributed by atoms with Gasteiger partial charge in [0, 0.05) is 31.3 Å². The summed E-state index contributed by atoms with van der Waals surface area (Å²) < 4.78 is 15.7. The number of rotatable bonds is 7. The summed E-state index contributed by atoms with van der Waals surface area (Å²) in [5, 5.41) is 12.1. The van der Waals surface area contributed by atoms with Gasteiger partial charge in [0.15, 0.2) is 5.75 Å². The lowest BCUT2D eigenvalue weighted by atomic mass is 10.0. The van der Waals surface area contributed by atoms with Crippen LogP contribution in [0.25, 0.3) is 0 Å². The zero-order chi connectivity index (χ0) is 22.8. The van der Waals surface area contributed by atoms with Crippen LogP contribution in [0.1, 0.15) is 44.7 Å². The van der Waals surface area contributed by atoms with E-state index in [-0.39, 0.29) is 17.6 Å². The number of phenols is 1. The van der Waals surface area contributed by atoms with E-state index in [4.69, 9.17) is 8.92 Å². The van der Waals surface area contributed by atoms with Crippen molar-refractivity contribution >= 4 is 48.3 Å². The minimum atomic E-state index is -1.72. The van der Waals surface area contributed by atoms with Crippen LogP contribution in [0.5, 0.6) is 17.2 Å². The van der Waals surface area contributed by atoms with E-state index in [1.165, 1.54) is 6.92 Å². The SMILES string of the molecule is CCS1(OC(C)=O)C=CCN1Cc1cc(Br)c(Oc2ccc(O)c(C(C)C)c2)c(Br)c1. The summed E-state index contributed by atoms with van der Waals surface area (Å²) in [4.78, 5) is 11.7. The molecule has 1 aliphatic heterocycles. The van der Waals surface area contributed by atoms with Gasteiger partial charge in [0.25, 0.3) is 0 Å². The fourth-order valence-electron chi connectivity index (χ4n) is 3.50. The first kappa shape index (κ1) is 24.2. The van der Waals surface area contributed by atoms with Crippen LogP contribution in [-0.2, 0) is 15.5 Å². The largest absolute Gasteiger partial charge is 0.508 e. The summed E-state index contributed by atoms with van der Waals surface area (Å²) in [6.45, 7) is 8.96. The summed E-state index contributed by atoms with van der Waals surface area (Å²) >= 11 is 7.27. The van der Waals surface area contributed by atoms with Crippen molar-refractivity contribution in [2.24, 2.45) is 0 Å². The molecule has 168 valence electrons. The van der Waals surface area contributed by atoms with Crippen LogP contribution >= 0.6 is 42.4 Å². The number of carbonyl (C=O) groups is 1. The molecule has 8 heteroatoms. The van der Waals surface area contributed by atoms with Gasteiger partial charge < -0.3 is 14.0 Å². The fourth-order valence-corrected chi connectivity index (χ4v) is 7.45. The average Bonchev–Trinajstić information content (AvgIpc) is 3.07. The molecule has 2 aromatic carbocycles. The normalized spacial score (nSPS) is 20.6. The standard InChI is InChI=1S/C23H27Br2NO4S/c1-5-31(30-16(4)27)10-6-9-26(31)14-17-11-20(24)23(21(25)12-17)29-18-7-8-22(28)19(13-18)15(2)3/h6-8,10-13,15,28H,5,9,14H2,1-4H3. The number of hydrogen-bond acceptors (Lipinski definition) is 5. The summed E-state index contributed by atoms with van der Waals surface area (Å²) in [5.74, 6) is 2.27. The Hall–Kier alpha value is -1.48. The number of nitrogens with zero attached hydrogens (tertiary/aromatic N) is 1. The van der Waals surface area contributed by atoms with Crippen molar-refractivity contribution in [3.8, 4) is 17.2 Å². The number of aromatic hydroxyl groups is 1. The number of halogens is 2. The van der Waals surface area contributed by atoms with Crippen molar-refractivity contribution in [2.45, 2.75) is 40.2 Å². The van der Waals surface area contributed by atoms with Gasteiger partial charge in [-0.1, -0.05) is 26.8 Å². The van der Waals surface area contributed by atoms with Crippen molar-refractivity contribution in [1.82, 2.24) is 4.31 Å². The summed E-state index contributed by atoms with van der Waals surface area (Å²) in [5.41, 5.74) is 1.91. The molecule has 3 rings (SSSR count). The van der Waals surface area contributed by atoms with Gasteiger partial charge in [-0.2, -0.15) is 0 Å². The molecule has 31 heavy (non-hydrogen) atoms. The van der Waals surface area contributed by atoms with E-state index >= 15 is 0 Å². The first-order valence-corrected chi connectivity index (χ1v) is 13.4. The van der Waals surface area contributed by atoms with E-state index in [0.717, 1.165) is 32.4 Å². The molecule has 1 N–H and O–H groups in total. The van der Waals surface area contributed by atoms with Gasteiger partial charge in [-0.15, -0.1) is 0 Å². The fraction of sp³-hybridized carbons (Fsp3) is 0.348. The highest BCUT2D eigenvalue weighted by Crippen LogP contribution is 2.57. The smallest absolute Gasteiger partial charge is 0.314 e. The third kappa shape index (κ3) is 5.48. The number of carbonyl (C=O) groups excluding carboxylic acids is 1. The van der Waals surface area contributed by atoms with Gasteiger partial charge in [0.05, 0.1) is 8.95 Å². The number of phenolic OH excluding ortho intramolecular Hbond substituents is 1. The highest BCUT2D eigenvalue weighted by atomic mass is 79.9. The zero-order valence-corrected chi connectivity index (χ0v) is 22.0. The van der Waals surface area contributed by atoms with Crippen LogP contribution in [-0.4, -0.2) is 27.7 Å². The van der Waals surface area contributed by atoms with Crippen molar-refractivity contribution in [2.75, 3.05) is 12.3 Å². The van der Waals surface area contributed by atoms with E-state index in [1.807, 2.05) is 44.4 Å². The Morgan fingerprint density at radius 3 is 2.48 bits per heavy atom. The van der Waals surface area contributed by atoms with Crippen LogP contribution in [0.3, 0.4) is 0 Å². The summed E-state index contributed by atoms with van der Waals surface area (Å²) in [6, 6.07) is 9.32. The molecule has 0 amide bonds. The molecule has 1 aliphatic rings. The van der Waals surface area contributed by atoms with E-state index < -0.39 is 10.5 Å². The van der Waals surface area contributed by atoms with Crippen molar-refractivity contribution < 1.29 is 18.8 Å². The topological polar surface area (TPSA) is 59.0 Å². The molecule has 0 aliphatic carbocycles. The number of benzene rings is 2. The molecular weight excluding hydrogens is 546 g/mol. The minimum Gasteiger partial charge on any atom is -0.508 e. The Balaban J connectivity index is 1.83. The molecule has 1 unspecified atom stereocenters. The number of ether oxygens (including phenoxy) is 1. The van der Waals surface area contributed by atoms with Crippen LogP contribution < -0.4 is 4.74 Å². The Kier molecular flexibility index (Phi) is 7.78. The molecule has 0 fully saturated rings. The predicted molar refractivity (Wildman–Crippen MR) is 134 cm³/mol. The van der Waals surface area contributed by atoms with Gasteiger partial charge in [0.1, 0.15) is 11.5 Å². The van der Waals surface area contributed by atoms with E-state index in [1.54, 1.807) is 12.1 Å². The molecule has 0 bridgehead atoms. The maximum absolute atomic E-state index is 11.7. The van der Waals surface area contributed by atoms with Gasteiger partial charge in [-0.25, -0.2) is 4.31 Å². The van der Waals surface area contributed by atoms with Crippen molar-refractivity contribution in [3.63, 3.8) is 0 Å². The maximum Gasteiger partial charge on any atom is 0.314 e. The molecule has 1 heterocycles. The number of hydrogen-bond donors (Lipinski definition) is 1. The van der Waals surface area contributed by atoms with Crippen LogP contribution in [0.4, 0.5) is 0 Å². The lowest BCUT2D eigenvalue weighted by Crippen LogP contribution is -2.27. The minimum absolute atomic E-state index is 0.186. The first-order valence-electron chi connectivity index (χ1n) is 10.1. The van der Waals surface area contributed by atoms with Crippen LogP contribution in [0.15, 0.2) is 50.8 Å². The molecular formula is C23H27Br2NO4S. The molecule has 2 aromatic rings. The summed E-state index contributed by atoms with van der Waals surface area (Å²) in [7, 11) is -1.72. The second-order valence-electron chi connectivity index (χ2n) is 7.61. The molecule has 0 aromatic heterocycles. The van der Waals surface area contributed by atoms with E-state index in [2.05, 4.69) is 42.2 Å². The molecule has 5 nitrogen and oxygen atoms in total. The molecule has 0 radical (unpaired) electrons. The molecule has 0 saturated heterocycles. The lowest BCUT2D eigenvalue weighted by Gasteiger charge is -2.40. The maximum atomic E-state index is 11.7. The van der Waals surface area contributed by atoms with Crippen molar-refractivity contribution in [1.29, 1.82) is 0 Å². The van der Waals surface area contributed by atoms with Gasteiger partial charge in [-0.05, 0) is 89.6 Å². The molecule has 0 saturated carbocycles. The Labute approximate surface area is 202 Å². The van der Waals surface area contributed by atoms with Crippen LogP contribution in [0.2, 0.25) is 0 Å². The molecule has 0 spiro atoms. The van der Waals surface area contributed by atoms with E-state index in [9.17, 15) is 9.90 Å².